The maximum absolute atomic E-state index is 11.6. The van der Waals surface area contributed by atoms with Gasteiger partial charge in [0.25, 0.3) is 5.91 Å². The Labute approximate surface area is 86.4 Å². The molecule has 2 N–H and O–H groups in total. The van der Waals surface area contributed by atoms with Crippen LogP contribution < -0.4 is 5.73 Å². The van der Waals surface area contributed by atoms with E-state index in [1.807, 2.05) is 0 Å². The number of nitrogens with zero attached hydrogens (tertiary/aromatic N) is 2. The molecule has 0 radical (unpaired) electrons. The smallest absolute Gasteiger partial charge is 0.304 e. The molecule has 0 saturated heterocycles. The Morgan fingerprint density at radius 1 is 1.47 bits per heavy atom. The van der Waals surface area contributed by atoms with Gasteiger partial charge in [-0.05, 0) is 12.1 Å². The van der Waals surface area contributed by atoms with E-state index in [2.05, 4.69) is 0 Å². The van der Waals surface area contributed by atoms with Gasteiger partial charge in [0.05, 0.1) is 4.92 Å². The highest BCUT2D eigenvalue weighted by molar-refractivity contribution is 5.99. The maximum atomic E-state index is 11.6. The van der Waals surface area contributed by atoms with Crippen molar-refractivity contribution in [2.45, 2.75) is 0 Å². The lowest BCUT2D eigenvalue weighted by molar-refractivity contribution is -0.384. The van der Waals surface area contributed by atoms with Crippen LogP contribution >= 0.6 is 0 Å². The molecule has 15 heavy (non-hydrogen) atoms. The molecular weight excluding hydrogens is 198 g/mol. The van der Waals surface area contributed by atoms with Gasteiger partial charge >= 0.3 is 5.69 Å². The molecule has 0 bridgehead atoms. The lowest BCUT2D eigenvalue weighted by Crippen LogP contribution is -2.23. The first-order chi connectivity index (χ1) is 6.95. The van der Waals surface area contributed by atoms with Crippen LogP contribution in [0, 0.1) is 10.1 Å². The summed E-state index contributed by atoms with van der Waals surface area (Å²) in [6, 6.07) is 4.29. The second-order valence-electron chi connectivity index (χ2n) is 3.20. The van der Waals surface area contributed by atoms with Gasteiger partial charge in [0.2, 0.25) is 0 Å². The molecule has 0 saturated carbocycles. The molecule has 1 amide bonds. The van der Waals surface area contributed by atoms with Crippen molar-refractivity contribution in [1.29, 1.82) is 0 Å². The van der Waals surface area contributed by atoms with Crippen molar-refractivity contribution in [1.82, 2.24) is 4.90 Å². The third kappa shape index (κ3) is 2.04. The average Bonchev–Trinajstić information content (AvgIpc) is 2.15. The first kappa shape index (κ1) is 11.0. The maximum Gasteiger partial charge on any atom is 0.304 e. The van der Waals surface area contributed by atoms with Gasteiger partial charge in [-0.15, -0.1) is 0 Å². The molecule has 0 spiro atoms. The SMILES string of the molecule is CN(C)C(=O)c1cccc(N)c1[N+](=O)[O-]. The van der Waals surface area contributed by atoms with E-state index in [-0.39, 0.29) is 16.9 Å². The van der Waals surface area contributed by atoms with Gasteiger partial charge in [0.1, 0.15) is 11.3 Å². The number of carbonyl (C=O) groups is 1. The van der Waals surface area contributed by atoms with Gasteiger partial charge in [-0.1, -0.05) is 6.07 Å². The number of benzene rings is 1. The number of rotatable bonds is 2. The molecule has 0 atom stereocenters. The van der Waals surface area contributed by atoms with Gasteiger partial charge in [0, 0.05) is 14.1 Å². The number of nitro benzene ring substituents is 1. The van der Waals surface area contributed by atoms with Crippen LogP contribution in [0.2, 0.25) is 0 Å². The topological polar surface area (TPSA) is 89.5 Å². The first-order valence-corrected chi connectivity index (χ1v) is 4.19. The van der Waals surface area contributed by atoms with Gasteiger partial charge in [0.15, 0.2) is 0 Å². The molecule has 0 unspecified atom stereocenters. The van der Waals surface area contributed by atoms with E-state index >= 15 is 0 Å². The zero-order valence-corrected chi connectivity index (χ0v) is 8.43. The highest BCUT2D eigenvalue weighted by atomic mass is 16.6. The van der Waals surface area contributed by atoms with Crippen molar-refractivity contribution in [2.75, 3.05) is 19.8 Å². The molecule has 1 aromatic rings. The van der Waals surface area contributed by atoms with Crippen molar-refractivity contribution in [2.24, 2.45) is 0 Å². The standard InChI is InChI=1S/C9H11N3O3/c1-11(2)9(13)6-4-3-5-7(10)8(6)12(14)15/h3-5H,10H2,1-2H3. The number of nitrogen functional groups attached to an aromatic ring is 1. The first-order valence-electron chi connectivity index (χ1n) is 4.19. The molecule has 6 nitrogen and oxygen atoms in total. The zero-order chi connectivity index (χ0) is 11.6. The molecule has 1 aromatic carbocycles. The third-order valence-electron chi connectivity index (χ3n) is 1.89. The number of carbonyl (C=O) groups excluding carboxylic acids is 1. The van der Waals surface area contributed by atoms with Gasteiger partial charge in [-0.2, -0.15) is 0 Å². The van der Waals surface area contributed by atoms with Crippen LogP contribution in [0.15, 0.2) is 18.2 Å². The quantitative estimate of drug-likeness (QED) is 0.444. The summed E-state index contributed by atoms with van der Waals surface area (Å²) in [4.78, 5) is 22.9. The van der Waals surface area contributed by atoms with Crippen molar-refractivity contribution in [3.05, 3.63) is 33.9 Å². The number of hydrogen-bond donors (Lipinski definition) is 1. The van der Waals surface area contributed by atoms with Crippen LogP contribution in [0.25, 0.3) is 0 Å². The summed E-state index contributed by atoms with van der Waals surface area (Å²) in [5.74, 6) is -0.436. The van der Waals surface area contributed by atoms with Crippen LogP contribution in [-0.4, -0.2) is 29.8 Å². The van der Waals surface area contributed by atoms with Crippen LogP contribution in [0.3, 0.4) is 0 Å². The molecule has 0 aliphatic rings. The minimum atomic E-state index is -0.647. The molecule has 80 valence electrons. The van der Waals surface area contributed by atoms with Crippen LogP contribution in [0.1, 0.15) is 10.4 Å². The van der Waals surface area contributed by atoms with E-state index in [4.69, 9.17) is 5.73 Å². The van der Waals surface area contributed by atoms with Gasteiger partial charge in [-0.3, -0.25) is 14.9 Å². The zero-order valence-electron chi connectivity index (χ0n) is 8.43. The second kappa shape index (κ2) is 3.95. The van der Waals surface area contributed by atoms with E-state index in [9.17, 15) is 14.9 Å². The summed E-state index contributed by atoms with van der Waals surface area (Å²) < 4.78 is 0. The molecule has 0 aromatic heterocycles. The van der Waals surface area contributed by atoms with Crippen LogP contribution in [0.5, 0.6) is 0 Å². The number of nitro groups is 1. The summed E-state index contributed by atoms with van der Waals surface area (Å²) in [7, 11) is 3.05. The lowest BCUT2D eigenvalue weighted by atomic mass is 10.1. The predicted molar refractivity (Wildman–Crippen MR) is 55.5 cm³/mol. The van der Waals surface area contributed by atoms with Crippen molar-refractivity contribution in [3.63, 3.8) is 0 Å². The fraction of sp³-hybridized carbons (Fsp3) is 0.222. The molecule has 0 aliphatic carbocycles. The number of amides is 1. The van der Waals surface area contributed by atoms with Gasteiger partial charge < -0.3 is 10.6 Å². The summed E-state index contributed by atoms with van der Waals surface area (Å²) in [6.45, 7) is 0. The van der Waals surface area contributed by atoms with Crippen molar-refractivity contribution >= 4 is 17.3 Å². The number of hydrogen-bond acceptors (Lipinski definition) is 4. The highest BCUT2D eigenvalue weighted by Crippen LogP contribution is 2.26. The summed E-state index contributed by atoms with van der Waals surface area (Å²) in [6.07, 6.45) is 0. The summed E-state index contributed by atoms with van der Waals surface area (Å²) in [5.41, 5.74) is 5.11. The normalized spacial score (nSPS) is 9.73. The Morgan fingerprint density at radius 3 is 2.53 bits per heavy atom. The second-order valence-corrected chi connectivity index (χ2v) is 3.20. The summed E-state index contributed by atoms with van der Waals surface area (Å²) in [5, 5.41) is 10.7. The van der Waals surface area contributed by atoms with E-state index < -0.39 is 10.8 Å². The minimum absolute atomic E-state index is 0.00463. The number of nitrogens with two attached hydrogens (primary N) is 1. The lowest BCUT2D eigenvalue weighted by Gasteiger charge is -2.10. The largest absolute Gasteiger partial charge is 0.393 e. The Kier molecular flexibility index (Phi) is 2.89. The van der Waals surface area contributed by atoms with Crippen LogP contribution in [0.4, 0.5) is 11.4 Å². The predicted octanol–water partition coefficient (Wildman–Crippen LogP) is 0.879. The molecule has 6 heteroatoms. The fourth-order valence-electron chi connectivity index (χ4n) is 1.18. The van der Waals surface area contributed by atoms with E-state index in [1.54, 1.807) is 0 Å². The van der Waals surface area contributed by atoms with Crippen molar-refractivity contribution in [3.8, 4) is 0 Å². The molecule has 0 heterocycles. The monoisotopic (exact) mass is 209 g/mol. The van der Waals surface area contributed by atoms with Crippen LogP contribution in [-0.2, 0) is 0 Å². The molecule has 0 aliphatic heterocycles. The van der Waals surface area contributed by atoms with E-state index in [0.29, 0.717) is 0 Å². The molecular formula is C9H11N3O3. The van der Waals surface area contributed by atoms with E-state index in [0.717, 1.165) is 0 Å². The Hall–Kier alpha value is -2.11. The minimum Gasteiger partial charge on any atom is -0.393 e. The summed E-state index contributed by atoms with van der Waals surface area (Å²) >= 11 is 0. The Balaban J connectivity index is 3.35. The number of anilines is 1. The van der Waals surface area contributed by atoms with Crippen molar-refractivity contribution < 1.29 is 9.72 Å². The molecule has 0 fully saturated rings. The van der Waals surface area contributed by atoms with Gasteiger partial charge in [-0.25, -0.2) is 0 Å². The highest BCUT2D eigenvalue weighted by Gasteiger charge is 2.23. The Bertz CT molecular complexity index is 415. The fourth-order valence-corrected chi connectivity index (χ4v) is 1.18. The van der Waals surface area contributed by atoms with E-state index in [1.165, 1.54) is 37.2 Å². The number of para-hydroxylation sites is 1. The molecule has 1 rings (SSSR count). The third-order valence-corrected chi connectivity index (χ3v) is 1.89. The average molecular weight is 209 g/mol. The Morgan fingerprint density at radius 2 is 2.07 bits per heavy atom.